The minimum atomic E-state index is -0.523. The number of benzene rings is 1. The highest BCUT2D eigenvalue weighted by atomic mass is 16.2. The summed E-state index contributed by atoms with van der Waals surface area (Å²) < 4.78 is 0. The molecular formula is C22H31N3O3. The number of carbonyl (C=O) groups excluding carboxylic acids is 3. The third-order valence-electron chi connectivity index (χ3n) is 5.92. The van der Waals surface area contributed by atoms with Crippen molar-refractivity contribution >= 4 is 17.7 Å². The number of carbonyl (C=O) groups is 3. The Morgan fingerprint density at radius 2 is 1.61 bits per heavy atom. The van der Waals surface area contributed by atoms with E-state index in [1.54, 1.807) is 12.1 Å². The topological polar surface area (TPSA) is 69.7 Å². The number of nitrogens with one attached hydrogen (secondary N) is 1. The zero-order valence-electron chi connectivity index (χ0n) is 16.7. The van der Waals surface area contributed by atoms with E-state index in [1.807, 2.05) is 34.9 Å². The van der Waals surface area contributed by atoms with Gasteiger partial charge in [0.1, 0.15) is 6.04 Å². The molecule has 2 aliphatic heterocycles. The van der Waals surface area contributed by atoms with Crippen LogP contribution >= 0.6 is 0 Å². The van der Waals surface area contributed by atoms with Crippen LogP contribution in [-0.4, -0.2) is 59.7 Å². The quantitative estimate of drug-likeness (QED) is 0.846. The lowest BCUT2D eigenvalue weighted by Crippen LogP contribution is -2.55. The molecule has 0 spiro atoms. The van der Waals surface area contributed by atoms with E-state index in [0.29, 0.717) is 25.1 Å². The van der Waals surface area contributed by atoms with Crippen LogP contribution in [0.15, 0.2) is 30.3 Å². The van der Waals surface area contributed by atoms with Crippen LogP contribution in [0.1, 0.15) is 55.8 Å². The van der Waals surface area contributed by atoms with Gasteiger partial charge in [0, 0.05) is 38.2 Å². The van der Waals surface area contributed by atoms with Crippen molar-refractivity contribution < 1.29 is 14.4 Å². The molecule has 1 aromatic carbocycles. The van der Waals surface area contributed by atoms with Crippen LogP contribution in [0.5, 0.6) is 0 Å². The van der Waals surface area contributed by atoms with E-state index in [-0.39, 0.29) is 23.6 Å². The lowest BCUT2D eigenvalue weighted by Gasteiger charge is -2.38. The molecule has 152 valence electrons. The van der Waals surface area contributed by atoms with Gasteiger partial charge >= 0.3 is 0 Å². The first kappa shape index (κ1) is 20.4. The summed E-state index contributed by atoms with van der Waals surface area (Å²) in [7, 11) is 0. The van der Waals surface area contributed by atoms with Gasteiger partial charge in [-0.15, -0.1) is 0 Å². The molecular weight excluding hydrogens is 354 g/mol. The van der Waals surface area contributed by atoms with Crippen molar-refractivity contribution in [2.75, 3.05) is 26.2 Å². The van der Waals surface area contributed by atoms with Crippen LogP contribution in [0.2, 0.25) is 0 Å². The number of amides is 3. The Bertz CT molecular complexity index is 678. The SMILES string of the molecule is CCC(=O)N1CCC(C(NC(=O)c2ccccc2)C(=O)N2CCCCC2)CC1. The normalized spacial score (nSPS) is 19.2. The summed E-state index contributed by atoms with van der Waals surface area (Å²) in [6, 6.07) is 8.52. The second-order valence-corrected chi connectivity index (χ2v) is 7.77. The maximum atomic E-state index is 13.3. The Kier molecular flexibility index (Phi) is 7.06. The first-order chi connectivity index (χ1) is 13.6. The van der Waals surface area contributed by atoms with Crippen LogP contribution in [0.3, 0.4) is 0 Å². The van der Waals surface area contributed by atoms with Gasteiger partial charge in [0.25, 0.3) is 5.91 Å². The van der Waals surface area contributed by atoms with Crippen molar-refractivity contribution in [1.82, 2.24) is 15.1 Å². The van der Waals surface area contributed by atoms with E-state index in [0.717, 1.165) is 45.2 Å². The third kappa shape index (κ3) is 4.91. The molecule has 0 saturated carbocycles. The van der Waals surface area contributed by atoms with Gasteiger partial charge in [0.2, 0.25) is 11.8 Å². The van der Waals surface area contributed by atoms with E-state index in [2.05, 4.69) is 5.32 Å². The fraction of sp³-hybridized carbons (Fsp3) is 0.591. The Hall–Kier alpha value is -2.37. The third-order valence-corrected chi connectivity index (χ3v) is 5.92. The van der Waals surface area contributed by atoms with Crippen molar-refractivity contribution in [3.63, 3.8) is 0 Å². The molecule has 1 N–H and O–H groups in total. The highest BCUT2D eigenvalue weighted by molar-refractivity contribution is 5.97. The second kappa shape index (κ2) is 9.71. The fourth-order valence-electron chi connectivity index (χ4n) is 4.21. The average molecular weight is 386 g/mol. The van der Waals surface area contributed by atoms with Crippen molar-refractivity contribution in [3.05, 3.63) is 35.9 Å². The van der Waals surface area contributed by atoms with Gasteiger partial charge in [-0.3, -0.25) is 14.4 Å². The van der Waals surface area contributed by atoms with Crippen LogP contribution in [-0.2, 0) is 9.59 Å². The van der Waals surface area contributed by atoms with Crippen molar-refractivity contribution in [3.8, 4) is 0 Å². The standard InChI is InChI=1S/C22H31N3O3/c1-2-19(26)24-15-11-17(12-16-24)20(22(28)25-13-7-4-8-14-25)23-21(27)18-9-5-3-6-10-18/h3,5-6,9-10,17,20H,2,4,7-8,11-16H2,1H3,(H,23,27). The molecule has 2 saturated heterocycles. The molecule has 2 fully saturated rings. The first-order valence-electron chi connectivity index (χ1n) is 10.5. The molecule has 3 rings (SSSR count). The monoisotopic (exact) mass is 385 g/mol. The van der Waals surface area contributed by atoms with Gasteiger partial charge < -0.3 is 15.1 Å². The number of rotatable bonds is 5. The Balaban J connectivity index is 1.72. The van der Waals surface area contributed by atoms with Gasteiger partial charge in [-0.1, -0.05) is 25.1 Å². The second-order valence-electron chi connectivity index (χ2n) is 7.77. The van der Waals surface area contributed by atoms with E-state index in [9.17, 15) is 14.4 Å². The van der Waals surface area contributed by atoms with Crippen LogP contribution in [0.25, 0.3) is 0 Å². The number of hydrogen-bond donors (Lipinski definition) is 1. The largest absolute Gasteiger partial charge is 0.343 e. The number of piperidine rings is 2. The molecule has 0 aromatic heterocycles. The number of hydrogen-bond acceptors (Lipinski definition) is 3. The fourth-order valence-corrected chi connectivity index (χ4v) is 4.21. The summed E-state index contributed by atoms with van der Waals surface area (Å²) in [6.07, 6.45) is 5.19. The zero-order valence-corrected chi connectivity index (χ0v) is 16.7. The summed E-state index contributed by atoms with van der Waals surface area (Å²) in [5.41, 5.74) is 0.567. The first-order valence-corrected chi connectivity index (χ1v) is 10.5. The lowest BCUT2D eigenvalue weighted by atomic mass is 9.87. The molecule has 6 nitrogen and oxygen atoms in total. The number of likely N-dealkylation sites (tertiary alicyclic amines) is 2. The molecule has 0 bridgehead atoms. The van der Waals surface area contributed by atoms with Gasteiger partial charge in [-0.2, -0.15) is 0 Å². The molecule has 1 aromatic rings. The highest BCUT2D eigenvalue weighted by Gasteiger charge is 2.36. The Morgan fingerprint density at radius 3 is 2.21 bits per heavy atom. The molecule has 0 aliphatic carbocycles. The predicted molar refractivity (Wildman–Crippen MR) is 108 cm³/mol. The van der Waals surface area contributed by atoms with E-state index >= 15 is 0 Å². The molecule has 6 heteroatoms. The van der Waals surface area contributed by atoms with E-state index in [1.165, 1.54) is 0 Å². The molecule has 0 radical (unpaired) electrons. The molecule has 1 unspecified atom stereocenters. The van der Waals surface area contributed by atoms with Gasteiger partial charge in [0.15, 0.2) is 0 Å². The molecule has 1 atom stereocenters. The molecule has 28 heavy (non-hydrogen) atoms. The summed E-state index contributed by atoms with van der Waals surface area (Å²) in [4.78, 5) is 41.8. The maximum Gasteiger partial charge on any atom is 0.251 e. The van der Waals surface area contributed by atoms with E-state index < -0.39 is 6.04 Å². The summed E-state index contributed by atoms with van der Waals surface area (Å²) in [5.74, 6) is 0.0425. The minimum absolute atomic E-state index is 0.0317. The predicted octanol–water partition coefficient (Wildman–Crippen LogP) is 2.45. The minimum Gasteiger partial charge on any atom is -0.343 e. The number of nitrogens with zero attached hydrogens (tertiary/aromatic N) is 2. The van der Waals surface area contributed by atoms with Gasteiger partial charge in [-0.05, 0) is 50.2 Å². The molecule has 2 aliphatic rings. The van der Waals surface area contributed by atoms with Crippen LogP contribution in [0.4, 0.5) is 0 Å². The van der Waals surface area contributed by atoms with Crippen molar-refractivity contribution in [1.29, 1.82) is 0 Å². The van der Waals surface area contributed by atoms with Crippen LogP contribution in [0, 0.1) is 5.92 Å². The molecule has 3 amide bonds. The van der Waals surface area contributed by atoms with Gasteiger partial charge in [-0.25, -0.2) is 0 Å². The van der Waals surface area contributed by atoms with Crippen molar-refractivity contribution in [2.24, 2.45) is 5.92 Å². The summed E-state index contributed by atoms with van der Waals surface area (Å²) in [5, 5.41) is 3.02. The van der Waals surface area contributed by atoms with E-state index in [4.69, 9.17) is 0 Å². The Labute approximate surface area is 167 Å². The lowest BCUT2D eigenvalue weighted by molar-refractivity contribution is -0.136. The highest BCUT2D eigenvalue weighted by Crippen LogP contribution is 2.24. The average Bonchev–Trinajstić information content (AvgIpc) is 2.77. The Morgan fingerprint density at radius 1 is 0.964 bits per heavy atom. The summed E-state index contributed by atoms with van der Waals surface area (Å²) >= 11 is 0. The van der Waals surface area contributed by atoms with Gasteiger partial charge in [0.05, 0.1) is 0 Å². The van der Waals surface area contributed by atoms with Crippen molar-refractivity contribution in [2.45, 2.75) is 51.5 Å². The zero-order chi connectivity index (χ0) is 19.9. The summed E-state index contributed by atoms with van der Waals surface area (Å²) in [6.45, 7) is 4.72. The maximum absolute atomic E-state index is 13.3. The van der Waals surface area contributed by atoms with Crippen LogP contribution < -0.4 is 5.32 Å². The smallest absolute Gasteiger partial charge is 0.251 e. The molecule has 2 heterocycles.